The molecular formula is C8H11FN2. The highest BCUT2D eigenvalue weighted by molar-refractivity contribution is 5.12. The second kappa shape index (κ2) is 3.44. The zero-order valence-electron chi connectivity index (χ0n) is 6.42. The fraction of sp³-hybridized carbons (Fsp3) is 0.375. The summed E-state index contributed by atoms with van der Waals surface area (Å²) in [5, 5.41) is 0. The van der Waals surface area contributed by atoms with Crippen molar-refractivity contribution in [3.05, 3.63) is 29.6 Å². The SMILES string of the molecule is Cc1cccc([C@@H](N)CF)n1. The van der Waals surface area contributed by atoms with E-state index in [4.69, 9.17) is 5.73 Å². The summed E-state index contributed by atoms with van der Waals surface area (Å²) in [7, 11) is 0. The second-order valence-electron chi connectivity index (χ2n) is 2.46. The van der Waals surface area contributed by atoms with Gasteiger partial charge in [-0.05, 0) is 19.1 Å². The Bertz CT molecular complexity index is 237. The molecule has 0 saturated heterocycles. The number of halogens is 1. The third kappa shape index (κ3) is 1.98. The molecule has 0 amide bonds. The van der Waals surface area contributed by atoms with E-state index in [-0.39, 0.29) is 0 Å². The van der Waals surface area contributed by atoms with Crippen LogP contribution in [0.3, 0.4) is 0 Å². The molecule has 2 nitrogen and oxygen atoms in total. The van der Waals surface area contributed by atoms with E-state index in [1.54, 1.807) is 6.07 Å². The molecule has 1 aromatic rings. The first-order valence-corrected chi connectivity index (χ1v) is 3.49. The van der Waals surface area contributed by atoms with Gasteiger partial charge in [-0.2, -0.15) is 0 Å². The fourth-order valence-electron chi connectivity index (χ4n) is 0.850. The van der Waals surface area contributed by atoms with Crippen LogP contribution in [0, 0.1) is 6.92 Å². The predicted octanol–water partition coefficient (Wildman–Crippen LogP) is 1.36. The van der Waals surface area contributed by atoms with Crippen LogP contribution in [-0.2, 0) is 0 Å². The lowest BCUT2D eigenvalue weighted by Crippen LogP contribution is -2.13. The van der Waals surface area contributed by atoms with E-state index >= 15 is 0 Å². The first kappa shape index (κ1) is 8.14. The molecule has 0 spiro atoms. The van der Waals surface area contributed by atoms with Crippen LogP contribution in [0.2, 0.25) is 0 Å². The number of alkyl halides is 1. The summed E-state index contributed by atoms with van der Waals surface area (Å²) in [5.74, 6) is 0. The van der Waals surface area contributed by atoms with Gasteiger partial charge in [-0.1, -0.05) is 6.07 Å². The zero-order valence-corrected chi connectivity index (χ0v) is 6.42. The molecule has 0 aromatic carbocycles. The lowest BCUT2D eigenvalue weighted by molar-refractivity contribution is 0.432. The summed E-state index contributed by atoms with van der Waals surface area (Å²) >= 11 is 0. The van der Waals surface area contributed by atoms with Crippen LogP contribution in [0.25, 0.3) is 0 Å². The van der Waals surface area contributed by atoms with E-state index in [9.17, 15) is 4.39 Å². The molecule has 0 aliphatic carbocycles. The van der Waals surface area contributed by atoms with Gasteiger partial charge in [-0.3, -0.25) is 4.98 Å². The minimum absolute atomic E-state index is 0.559. The van der Waals surface area contributed by atoms with Crippen LogP contribution in [-0.4, -0.2) is 11.7 Å². The van der Waals surface area contributed by atoms with Crippen molar-refractivity contribution in [2.45, 2.75) is 13.0 Å². The molecule has 11 heavy (non-hydrogen) atoms. The Labute approximate surface area is 65.3 Å². The van der Waals surface area contributed by atoms with E-state index in [0.29, 0.717) is 5.69 Å². The highest BCUT2D eigenvalue weighted by Crippen LogP contribution is 2.07. The molecule has 60 valence electrons. The molecule has 0 unspecified atom stereocenters. The normalized spacial score (nSPS) is 13.0. The molecule has 0 bridgehead atoms. The summed E-state index contributed by atoms with van der Waals surface area (Å²) in [6.07, 6.45) is 0. The Hall–Kier alpha value is -0.960. The Balaban J connectivity index is 2.86. The van der Waals surface area contributed by atoms with Crippen LogP contribution in [0.4, 0.5) is 4.39 Å². The average Bonchev–Trinajstić information content (AvgIpc) is 2.03. The van der Waals surface area contributed by atoms with E-state index in [1.807, 2.05) is 19.1 Å². The molecule has 0 aliphatic heterocycles. The maximum Gasteiger partial charge on any atom is 0.110 e. The van der Waals surface area contributed by atoms with E-state index in [1.165, 1.54) is 0 Å². The van der Waals surface area contributed by atoms with Gasteiger partial charge in [-0.15, -0.1) is 0 Å². The van der Waals surface area contributed by atoms with Gasteiger partial charge in [0, 0.05) is 5.69 Å². The maximum atomic E-state index is 12.0. The molecule has 0 aliphatic rings. The molecular weight excluding hydrogens is 143 g/mol. The number of aromatic nitrogens is 1. The Morgan fingerprint density at radius 3 is 2.91 bits per heavy atom. The standard InChI is InChI=1S/C8H11FN2/c1-6-3-2-4-8(11-6)7(10)5-9/h2-4,7H,5,10H2,1H3/t7-/m0/s1. The molecule has 2 N–H and O–H groups in total. The topological polar surface area (TPSA) is 38.9 Å². The van der Waals surface area contributed by atoms with Gasteiger partial charge in [0.1, 0.15) is 6.67 Å². The summed E-state index contributed by atoms with van der Waals surface area (Å²) < 4.78 is 12.0. The lowest BCUT2D eigenvalue weighted by Gasteiger charge is -2.05. The Morgan fingerprint density at radius 1 is 1.64 bits per heavy atom. The van der Waals surface area contributed by atoms with Gasteiger partial charge in [0.05, 0.1) is 11.7 Å². The van der Waals surface area contributed by atoms with E-state index < -0.39 is 12.7 Å². The van der Waals surface area contributed by atoms with Crippen molar-refractivity contribution in [1.29, 1.82) is 0 Å². The number of nitrogens with two attached hydrogens (primary N) is 1. The molecule has 1 aromatic heterocycles. The Morgan fingerprint density at radius 2 is 2.36 bits per heavy atom. The Kier molecular flexibility index (Phi) is 2.54. The summed E-state index contributed by atoms with van der Waals surface area (Å²) in [5.41, 5.74) is 6.91. The van der Waals surface area contributed by atoms with Crippen LogP contribution in [0.5, 0.6) is 0 Å². The monoisotopic (exact) mass is 154 g/mol. The number of nitrogens with zero attached hydrogens (tertiary/aromatic N) is 1. The summed E-state index contributed by atoms with van der Waals surface area (Å²) in [6, 6.07) is 4.84. The van der Waals surface area contributed by atoms with Crippen LogP contribution in [0.15, 0.2) is 18.2 Å². The average molecular weight is 154 g/mol. The highest BCUT2D eigenvalue weighted by Gasteiger charge is 2.05. The van der Waals surface area contributed by atoms with Gasteiger partial charge < -0.3 is 5.73 Å². The van der Waals surface area contributed by atoms with Crippen LogP contribution in [0.1, 0.15) is 17.4 Å². The third-order valence-electron chi connectivity index (χ3n) is 1.46. The number of rotatable bonds is 2. The predicted molar refractivity (Wildman–Crippen MR) is 41.9 cm³/mol. The van der Waals surface area contributed by atoms with Gasteiger partial charge in [-0.25, -0.2) is 4.39 Å². The van der Waals surface area contributed by atoms with Crippen molar-refractivity contribution < 1.29 is 4.39 Å². The lowest BCUT2D eigenvalue weighted by atomic mass is 10.2. The van der Waals surface area contributed by atoms with E-state index in [0.717, 1.165) is 5.69 Å². The highest BCUT2D eigenvalue weighted by atomic mass is 19.1. The molecule has 0 fully saturated rings. The quantitative estimate of drug-likeness (QED) is 0.698. The number of hydrogen-bond donors (Lipinski definition) is 1. The van der Waals surface area contributed by atoms with E-state index in [2.05, 4.69) is 4.98 Å². The largest absolute Gasteiger partial charge is 0.321 e. The van der Waals surface area contributed by atoms with Crippen LogP contribution >= 0.6 is 0 Å². The molecule has 1 rings (SSSR count). The minimum Gasteiger partial charge on any atom is -0.321 e. The summed E-state index contributed by atoms with van der Waals surface area (Å²) in [6.45, 7) is 1.30. The smallest absolute Gasteiger partial charge is 0.110 e. The number of pyridine rings is 1. The minimum atomic E-state index is -0.574. The van der Waals surface area contributed by atoms with Crippen molar-refractivity contribution in [2.75, 3.05) is 6.67 Å². The fourth-order valence-corrected chi connectivity index (χ4v) is 0.850. The van der Waals surface area contributed by atoms with Gasteiger partial charge in [0.15, 0.2) is 0 Å². The van der Waals surface area contributed by atoms with Gasteiger partial charge in [0.25, 0.3) is 0 Å². The number of hydrogen-bond acceptors (Lipinski definition) is 2. The van der Waals surface area contributed by atoms with Crippen molar-refractivity contribution in [3.8, 4) is 0 Å². The van der Waals surface area contributed by atoms with Crippen molar-refractivity contribution in [2.24, 2.45) is 5.73 Å². The third-order valence-corrected chi connectivity index (χ3v) is 1.46. The van der Waals surface area contributed by atoms with Gasteiger partial charge >= 0.3 is 0 Å². The van der Waals surface area contributed by atoms with Crippen LogP contribution < -0.4 is 5.73 Å². The van der Waals surface area contributed by atoms with Crippen molar-refractivity contribution >= 4 is 0 Å². The first-order valence-electron chi connectivity index (χ1n) is 3.49. The molecule has 0 radical (unpaired) electrons. The van der Waals surface area contributed by atoms with Gasteiger partial charge in [0.2, 0.25) is 0 Å². The second-order valence-corrected chi connectivity index (χ2v) is 2.46. The molecule has 1 atom stereocenters. The molecule has 1 heterocycles. The zero-order chi connectivity index (χ0) is 8.27. The molecule has 3 heteroatoms. The summed E-state index contributed by atoms with van der Waals surface area (Å²) in [4.78, 5) is 4.08. The first-order chi connectivity index (χ1) is 5.24. The van der Waals surface area contributed by atoms with Crippen molar-refractivity contribution in [1.82, 2.24) is 4.98 Å². The number of aryl methyl sites for hydroxylation is 1. The maximum absolute atomic E-state index is 12.0. The molecule has 0 saturated carbocycles. The van der Waals surface area contributed by atoms with Crippen molar-refractivity contribution in [3.63, 3.8) is 0 Å².